The summed E-state index contributed by atoms with van der Waals surface area (Å²) >= 11 is 1.64. The van der Waals surface area contributed by atoms with Crippen LogP contribution in [0.3, 0.4) is 0 Å². The summed E-state index contributed by atoms with van der Waals surface area (Å²) in [4.78, 5) is 13.2. The van der Waals surface area contributed by atoms with Crippen molar-refractivity contribution in [2.24, 2.45) is 5.92 Å². The first kappa shape index (κ1) is 15.9. The molecular weight excluding hydrogens is 324 g/mol. The quantitative estimate of drug-likeness (QED) is 0.843. The lowest BCUT2D eigenvalue weighted by atomic mass is 10.1. The van der Waals surface area contributed by atoms with Gasteiger partial charge in [-0.15, -0.1) is 11.3 Å². The standard InChI is InChI=1S/C14H20N2O4S2/c1-10(20-9-11-2-3-11)14(17)15-22(18,19)16-6-4-13-12(8-16)5-7-21-13/h5,7,10-11H,2-4,6,8-9H2,1H3,(H,15,17)/t10-/m1/s1. The molecular formula is C14H20N2O4S2. The molecule has 6 nitrogen and oxygen atoms in total. The van der Waals surface area contributed by atoms with E-state index >= 15 is 0 Å². The molecule has 0 radical (unpaired) electrons. The molecule has 0 spiro atoms. The summed E-state index contributed by atoms with van der Waals surface area (Å²) in [6.45, 7) is 2.82. The number of hydrogen-bond acceptors (Lipinski definition) is 5. The molecule has 0 unspecified atom stereocenters. The zero-order valence-electron chi connectivity index (χ0n) is 12.4. The lowest BCUT2D eigenvalue weighted by Gasteiger charge is -2.26. The van der Waals surface area contributed by atoms with Crippen LogP contribution in [0.4, 0.5) is 0 Å². The van der Waals surface area contributed by atoms with Gasteiger partial charge in [0.25, 0.3) is 5.91 Å². The van der Waals surface area contributed by atoms with Crippen LogP contribution in [0.5, 0.6) is 0 Å². The molecule has 1 N–H and O–H groups in total. The van der Waals surface area contributed by atoms with E-state index in [-0.39, 0.29) is 0 Å². The highest BCUT2D eigenvalue weighted by Gasteiger charge is 2.31. The summed E-state index contributed by atoms with van der Waals surface area (Å²) in [7, 11) is -3.81. The molecule has 1 amide bonds. The van der Waals surface area contributed by atoms with Gasteiger partial charge in [-0.05, 0) is 49.1 Å². The molecule has 122 valence electrons. The number of rotatable bonds is 6. The monoisotopic (exact) mass is 344 g/mol. The van der Waals surface area contributed by atoms with Gasteiger partial charge in [0.2, 0.25) is 0 Å². The smallest absolute Gasteiger partial charge is 0.304 e. The topological polar surface area (TPSA) is 75.7 Å². The summed E-state index contributed by atoms with van der Waals surface area (Å²) < 4.78 is 33.5. The van der Waals surface area contributed by atoms with Gasteiger partial charge in [-0.3, -0.25) is 4.79 Å². The number of nitrogens with zero attached hydrogens (tertiary/aromatic N) is 1. The molecule has 3 rings (SSSR count). The molecule has 1 saturated carbocycles. The van der Waals surface area contributed by atoms with E-state index in [1.54, 1.807) is 18.3 Å². The molecule has 1 aromatic rings. The Hall–Kier alpha value is -0.960. The minimum Gasteiger partial charge on any atom is -0.368 e. The van der Waals surface area contributed by atoms with Crippen LogP contribution < -0.4 is 4.72 Å². The van der Waals surface area contributed by atoms with Gasteiger partial charge in [-0.2, -0.15) is 12.7 Å². The normalized spacial score (nSPS) is 20.4. The van der Waals surface area contributed by atoms with Crippen LogP contribution >= 0.6 is 11.3 Å². The summed E-state index contributed by atoms with van der Waals surface area (Å²) in [5.74, 6) is -0.0669. The van der Waals surface area contributed by atoms with Gasteiger partial charge in [0.15, 0.2) is 0 Å². The van der Waals surface area contributed by atoms with Crippen molar-refractivity contribution in [3.8, 4) is 0 Å². The lowest BCUT2D eigenvalue weighted by Crippen LogP contribution is -2.48. The van der Waals surface area contributed by atoms with Gasteiger partial charge in [0, 0.05) is 18.0 Å². The van der Waals surface area contributed by atoms with Crippen molar-refractivity contribution in [3.05, 3.63) is 21.9 Å². The molecule has 1 atom stereocenters. The van der Waals surface area contributed by atoms with Crippen LogP contribution in [0, 0.1) is 5.92 Å². The highest BCUT2D eigenvalue weighted by molar-refractivity contribution is 7.87. The molecule has 1 aromatic heterocycles. The maximum Gasteiger partial charge on any atom is 0.304 e. The van der Waals surface area contributed by atoms with Gasteiger partial charge >= 0.3 is 10.2 Å². The van der Waals surface area contributed by atoms with Crippen molar-refractivity contribution in [1.82, 2.24) is 9.03 Å². The fourth-order valence-electron chi connectivity index (χ4n) is 2.34. The minimum absolute atomic E-state index is 0.318. The molecule has 1 aliphatic heterocycles. The second-order valence-corrected chi connectivity index (χ2v) is 8.51. The van der Waals surface area contributed by atoms with E-state index in [4.69, 9.17) is 4.74 Å². The first-order valence-corrected chi connectivity index (χ1v) is 9.76. The van der Waals surface area contributed by atoms with Gasteiger partial charge in [0.05, 0.1) is 6.61 Å². The average molecular weight is 344 g/mol. The zero-order valence-corrected chi connectivity index (χ0v) is 14.1. The molecule has 0 saturated heterocycles. The van der Waals surface area contributed by atoms with Crippen LogP contribution in [0.15, 0.2) is 11.4 Å². The van der Waals surface area contributed by atoms with E-state index in [9.17, 15) is 13.2 Å². The minimum atomic E-state index is -3.81. The van der Waals surface area contributed by atoms with Crippen molar-refractivity contribution >= 4 is 27.5 Å². The molecule has 0 bridgehead atoms. The number of fused-ring (bicyclic) bond motifs is 1. The maximum absolute atomic E-state index is 12.3. The van der Waals surface area contributed by atoms with Gasteiger partial charge in [0.1, 0.15) is 6.10 Å². The van der Waals surface area contributed by atoms with E-state index in [1.807, 2.05) is 11.4 Å². The third kappa shape index (κ3) is 3.68. The van der Waals surface area contributed by atoms with Crippen LogP contribution in [-0.4, -0.2) is 37.9 Å². The van der Waals surface area contributed by atoms with Crippen molar-refractivity contribution in [1.29, 1.82) is 0 Å². The van der Waals surface area contributed by atoms with Gasteiger partial charge < -0.3 is 4.74 Å². The molecule has 0 aromatic carbocycles. The summed E-state index contributed by atoms with van der Waals surface area (Å²) in [6, 6.07) is 1.94. The van der Waals surface area contributed by atoms with E-state index in [2.05, 4.69) is 4.72 Å². The Morgan fingerprint density at radius 2 is 2.32 bits per heavy atom. The predicted molar refractivity (Wildman–Crippen MR) is 83.6 cm³/mol. The first-order chi connectivity index (χ1) is 10.5. The molecule has 22 heavy (non-hydrogen) atoms. The molecule has 1 aliphatic carbocycles. The Balaban J connectivity index is 1.57. The fourth-order valence-corrected chi connectivity index (χ4v) is 4.42. The number of thiophene rings is 1. The van der Waals surface area contributed by atoms with E-state index < -0.39 is 22.2 Å². The third-order valence-electron chi connectivity index (χ3n) is 3.99. The van der Waals surface area contributed by atoms with Crippen LogP contribution in [0.2, 0.25) is 0 Å². The Morgan fingerprint density at radius 1 is 1.55 bits per heavy atom. The second kappa shape index (κ2) is 6.27. The Bertz CT molecular complexity index is 652. The highest BCUT2D eigenvalue weighted by atomic mass is 32.2. The summed E-state index contributed by atoms with van der Waals surface area (Å²) in [5, 5.41) is 1.97. The second-order valence-electron chi connectivity index (χ2n) is 5.84. The Labute approximate surface area is 134 Å². The average Bonchev–Trinajstić information content (AvgIpc) is 3.19. The first-order valence-electron chi connectivity index (χ1n) is 7.44. The summed E-state index contributed by atoms with van der Waals surface area (Å²) in [6.07, 6.45) is 2.19. The van der Waals surface area contributed by atoms with E-state index in [1.165, 1.54) is 9.18 Å². The van der Waals surface area contributed by atoms with Crippen molar-refractivity contribution in [3.63, 3.8) is 0 Å². The van der Waals surface area contributed by atoms with Crippen LogP contribution in [-0.2, 0) is 32.7 Å². The fraction of sp³-hybridized carbons (Fsp3) is 0.643. The predicted octanol–water partition coefficient (Wildman–Crippen LogP) is 1.28. The lowest BCUT2D eigenvalue weighted by molar-refractivity contribution is -0.130. The largest absolute Gasteiger partial charge is 0.368 e. The van der Waals surface area contributed by atoms with Crippen LogP contribution in [0.1, 0.15) is 30.2 Å². The Morgan fingerprint density at radius 3 is 3.05 bits per heavy atom. The number of nitrogens with one attached hydrogen (secondary N) is 1. The van der Waals surface area contributed by atoms with Crippen molar-refractivity contribution < 1.29 is 17.9 Å². The van der Waals surface area contributed by atoms with Crippen molar-refractivity contribution in [2.45, 2.75) is 38.8 Å². The maximum atomic E-state index is 12.3. The molecule has 8 heteroatoms. The highest BCUT2D eigenvalue weighted by Crippen LogP contribution is 2.29. The number of ether oxygens (including phenoxy) is 1. The SMILES string of the molecule is C[C@@H](OCC1CC1)C(=O)NS(=O)(=O)N1CCc2sccc2C1. The number of carbonyl (C=O) groups is 1. The van der Waals surface area contributed by atoms with Gasteiger partial charge in [-0.25, -0.2) is 4.72 Å². The number of hydrogen-bond donors (Lipinski definition) is 1. The number of carbonyl (C=O) groups excluding carboxylic acids is 1. The zero-order chi connectivity index (χ0) is 15.7. The Kier molecular flexibility index (Phi) is 4.54. The van der Waals surface area contributed by atoms with E-state index in [0.29, 0.717) is 32.0 Å². The molecule has 2 aliphatic rings. The molecule has 1 fully saturated rings. The van der Waals surface area contributed by atoms with Crippen molar-refractivity contribution in [2.75, 3.05) is 13.2 Å². The number of amides is 1. The molecule has 2 heterocycles. The summed E-state index contributed by atoms with van der Waals surface area (Å²) in [5.41, 5.74) is 1.02. The van der Waals surface area contributed by atoms with Gasteiger partial charge in [-0.1, -0.05) is 0 Å². The third-order valence-corrected chi connectivity index (χ3v) is 6.46. The van der Waals surface area contributed by atoms with E-state index in [0.717, 1.165) is 18.4 Å². The van der Waals surface area contributed by atoms with Crippen LogP contribution in [0.25, 0.3) is 0 Å².